The van der Waals surface area contributed by atoms with Gasteiger partial charge in [-0.3, -0.25) is 0 Å². The highest BCUT2D eigenvalue weighted by Gasteiger charge is 2.06. The zero-order chi connectivity index (χ0) is 13.7. The molecule has 0 fully saturated rings. The molecule has 96 valence electrons. The normalized spacial score (nSPS) is 12.5. The van der Waals surface area contributed by atoms with Crippen molar-refractivity contribution in [2.45, 2.75) is 6.92 Å². The minimum Gasteiger partial charge on any atom is -0.411 e. The van der Waals surface area contributed by atoms with Gasteiger partial charge in [0.2, 0.25) is 0 Å². The Morgan fingerprint density at radius 3 is 2.47 bits per heavy atom. The Bertz CT molecular complexity index is 618. The molecule has 0 saturated heterocycles. The summed E-state index contributed by atoms with van der Waals surface area (Å²) in [6, 6.07) is 17.4. The van der Waals surface area contributed by atoms with E-state index in [0.29, 0.717) is 10.7 Å². The van der Waals surface area contributed by atoms with Crippen LogP contribution in [0.25, 0.3) is 11.6 Å². The smallest absolute Gasteiger partial charge is 0.0843 e. The van der Waals surface area contributed by atoms with E-state index in [1.165, 1.54) is 0 Å². The molecular formula is C16H14ClNO. The molecule has 0 unspecified atom stereocenters. The lowest BCUT2D eigenvalue weighted by molar-refractivity contribution is 0.319. The van der Waals surface area contributed by atoms with Crippen LogP contribution in [0.2, 0.25) is 5.02 Å². The zero-order valence-corrected chi connectivity index (χ0v) is 11.3. The predicted octanol–water partition coefficient (Wildman–Crippen LogP) is 4.73. The molecule has 19 heavy (non-hydrogen) atoms. The lowest BCUT2D eigenvalue weighted by Gasteiger charge is -2.07. The number of nitrogens with zero attached hydrogens (tertiary/aromatic N) is 1. The first-order valence-electron chi connectivity index (χ1n) is 5.92. The van der Waals surface area contributed by atoms with Gasteiger partial charge in [-0.1, -0.05) is 59.2 Å². The van der Waals surface area contributed by atoms with Crippen molar-refractivity contribution in [3.05, 3.63) is 70.7 Å². The number of oxime groups is 1. The Kier molecular flexibility index (Phi) is 4.37. The van der Waals surface area contributed by atoms with Crippen LogP contribution >= 0.6 is 11.6 Å². The third-order valence-corrected chi connectivity index (χ3v) is 3.02. The van der Waals surface area contributed by atoms with Gasteiger partial charge in [0.05, 0.1) is 5.71 Å². The summed E-state index contributed by atoms with van der Waals surface area (Å²) < 4.78 is 0. The highest BCUT2D eigenvalue weighted by molar-refractivity contribution is 6.31. The molecule has 2 aromatic rings. The highest BCUT2D eigenvalue weighted by Crippen LogP contribution is 2.21. The maximum Gasteiger partial charge on any atom is 0.0843 e. The maximum atomic E-state index is 9.02. The van der Waals surface area contributed by atoms with Crippen LogP contribution in [-0.2, 0) is 0 Å². The molecule has 0 aliphatic rings. The van der Waals surface area contributed by atoms with Gasteiger partial charge < -0.3 is 5.21 Å². The summed E-state index contributed by atoms with van der Waals surface area (Å²) in [6.45, 7) is 1.77. The van der Waals surface area contributed by atoms with Crippen molar-refractivity contribution < 1.29 is 5.21 Å². The molecule has 1 N–H and O–H groups in total. The van der Waals surface area contributed by atoms with Crippen molar-refractivity contribution in [2.24, 2.45) is 5.16 Å². The molecule has 0 spiro atoms. The topological polar surface area (TPSA) is 32.6 Å². The van der Waals surface area contributed by atoms with Crippen LogP contribution < -0.4 is 0 Å². The average molecular weight is 272 g/mol. The summed E-state index contributed by atoms with van der Waals surface area (Å²) in [7, 11) is 0. The summed E-state index contributed by atoms with van der Waals surface area (Å²) in [6.07, 6.45) is 1.95. The standard InChI is InChI=1S/C16H14ClNO/c1-12(18-19)16(14-7-3-2-4-8-14)11-13-6-5-9-15(17)10-13/h2-11,19H,1H3/b16-11-,18-12+. The van der Waals surface area contributed by atoms with Crippen LogP contribution in [0.4, 0.5) is 0 Å². The van der Waals surface area contributed by atoms with Crippen molar-refractivity contribution >= 4 is 29.0 Å². The molecule has 2 rings (SSSR count). The first-order valence-corrected chi connectivity index (χ1v) is 6.30. The van der Waals surface area contributed by atoms with Crippen LogP contribution in [0.1, 0.15) is 18.1 Å². The maximum absolute atomic E-state index is 9.02. The van der Waals surface area contributed by atoms with Crippen LogP contribution in [0.15, 0.2) is 59.8 Å². The van der Waals surface area contributed by atoms with Crippen molar-refractivity contribution in [3.8, 4) is 0 Å². The van der Waals surface area contributed by atoms with Crippen LogP contribution in [-0.4, -0.2) is 10.9 Å². The minimum atomic E-state index is 0.561. The molecule has 0 atom stereocenters. The van der Waals surface area contributed by atoms with E-state index in [4.69, 9.17) is 16.8 Å². The Morgan fingerprint density at radius 1 is 1.11 bits per heavy atom. The molecule has 3 heteroatoms. The molecule has 0 heterocycles. The van der Waals surface area contributed by atoms with Crippen molar-refractivity contribution in [1.82, 2.24) is 0 Å². The molecule has 0 amide bonds. The van der Waals surface area contributed by atoms with E-state index in [1.807, 2.05) is 60.7 Å². The molecule has 0 aliphatic heterocycles. The van der Waals surface area contributed by atoms with Gasteiger partial charge in [-0.2, -0.15) is 0 Å². The quantitative estimate of drug-likeness (QED) is 0.372. The van der Waals surface area contributed by atoms with Gasteiger partial charge in [0.25, 0.3) is 0 Å². The number of hydrogen-bond acceptors (Lipinski definition) is 2. The van der Waals surface area contributed by atoms with E-state index in [2.05, 4.69) is 5.16 Å². The van der Waals surface area contributed by atoms with Crippen molar-refractivity contribution in [2.75, 3.05) is 0 Å². The van der Waals surface area contributed by atoms with Crippen LogP contribution in [0.3, 0.4) is 0 Å². The van der Waals surface area contributed by atoms with Gasteiger partial charge in [-0.15, -0.1) is 0 Å². The van der Waals surface area contributed by atoms with Crippen molar-refractivity contribution in [1.29, 1.82) is 0 Å². The lowest BCUT2D eigenvalue weighted by atomic mass is 9.99. The van der Waals surface area contributed by atoms with E-state index in [1.54, 1.807) is 6.92 Å². The summed E-state index contributed by atoms with van der Waals surface area (Å²) in [4.78, 5) is 0. The monoisotopic (exact) mass is 271 g/mol. The summed E-state index contributed by atoms with van der Waals surface area (Å²) in [5.41, 5.74) is 3.39. The molecule has 0 aliphatic carbocycles. The van der Waals surface area contributed by atoms with Gasteiger partial charge in [-0.05, 0) is 36.3 Å². The van der Waals surface area contributed by atoms with E-state index in [-0.39, 0.29) is 0 Å². The van der Waals surface area contributed by atoms with Gasteiger partial charge in [-0.25, -0.2) is 0 Å². The molecule has 0 bridgehead atoms. The van der Waals surface area contributed by atoms with Gasteiger partial charge >= 0.3 is 0 Å². The van der Waals surface area contributed by atoms with Gasteiger partial charge in [0.15, 0.2) is 0 Å². The van der Waals surface area contributed by atoms with Crippen molar-refractivity contribution in [3.63, 3.8) is 0 Å². The Hall–Kier alpha value is -2.06. The average Bonchev–Trinajstić information content (AvgIpc) is 2.45. The van der Waals surface area contributed by atoms with E-state index < -0.39 is 0 Å². The summed E-state index contributed by atoms with van der Waals surface area (Å²) >= 11 is 5.98. The number of halogens is 1. The third-order valence-electron chi connectivity index (χ3n) is 2.78. The first kappa shape index (κ1) is 13.4. The SMILES string of the molecule is CC(=N\O)/C(=C/c1cccc(Cl)c1)c1ccccc1. The first-order chi connectivity index (χ1) is 9.20. The molecule has 0 saturated carbocycles. The van der Waals surface area contributed by atoms with E-state index in [9.17, 15) is 0 Å². The zero-order valence-electron chi connectivity index (χ0n) is 10.5. The number of hydrogen-bond donors (Lipinski definition) is 1. The number of allylic oxidation sites excluding steroid dienone is 1. The van der Waals surface area contributed by atoms with Gasteiger partial charge in [0.1, 0.15) is 0 Å². The second-order valence-corrected chi connectivity index (χ2v) is 4.60. The Labute approximate surface area is 117 Å². The largest absolute Gasteiger partial charge is 0.411 e. The molecule has 2 aromatic carbocycles. The molecule has 2 nitrogen and oxygen atoms in total. The number of rotatable bonds is 3. The van der Waals surface area contributed by atoms with Crippen LogP contribution in [0.5, 0.6) is 0 Å². The fraction of sp³-hybridized carbons (Fsp3) is 0.0625. The molecular weight excluding hydrogens is 258 g/mol. The minimum absolute atomic E-state index is 0.561. The van der Waals surface area contributed by atoms with E-state index in [0.717, 1.165) is 16.7 Å². The second kappa shape index (κ2) is 6.21. The fourth-order valence-corrected chi connectivity index (χ4v) is 2.03. The molecule has 0 radical (unpaired) electrons. The summed E-state index contributed by atoms with van der Waals surface area (Å²) in [5, 5.41) is 13.0. The summed E-state index contributed by atoms with van der Waals surface area (Å²) in [5.74, 6) is 0. The molecule has 0 aromatic heterocycles. The Morgan fingerprint density at radius 2 is 1.84 bits per heavy atom. The predicted molar refractivity (Wildman–Crippen MR) is 80.7 cm³/mol. The van der Waals surface area contributed by atoms with Gasteiger partial charge in [0, 0.05) is 10.6 Å². The highest BCUT2D eigenvalue weighted by atomic mass is 35.5. The third kappa shape index (κ3) is 3.46. The van der Waals surface area contributed by atoms with Crippen LogP contribution in [0, 0.1) is 0 Å². The van der Waals surface area contributed by atoms with E-state index >= 15 is 0 Å². The lowest BCUT2D eigenvalue weighted by Crippen LogP contribution is -1.96. The number of benzene rings is 2. The fourth-order valence-electron chi connectivity index (χ4n) is 1.83. The second-order valence-electron chi connectivity index (χ2n) is 4.16. The Balaban J connectivity index is 2.50.